The Morgan fingerprint density at radius 1 is 1.10 bits per heavy atom. The first-order valence-electron chi connectivity index (χ1n) is 9.95. The number of nitrogens with one attached hydrogen (secondary N) is 1. The lowest BCUT2D eigenvalue weighted by Gasteiger charge is -2.30. The van der Waals surface area contributed by atoms with Crippen molar-refractivity contribution in [2.45, 2.75) is 45.7 Å². The minimum absolute atomic E-state index is 0.168. The largest absolute Gasteiger partial charge is 0.483 e. The zero-order valence-corrected chi connectivity index (χ0v) is 19.3. The maximum atomic E-state index is 13.1. The Morgan fingerprint density at radius 2 is 1.80 bits per heavy atom. The second-order valence-corrected chi connectivity index (χ2v) is 8.10. The first kappa shape index (κ1) is 24.0. The highest BCUT2D eigenvalue weighted by Crippen LogP contribution is 2.27. The van der Waals surface area contributed by atoms with Gasteiger partial charge in [-0.05, 0) is 41.7 Å². The lowest BCUT2D eigenvalue weighted by molar-refractivity contribution is -0.142. The lowest BCUT2D eigenvalue weighted by atomic mass is 10.0. The van der Waals surface area contributed by atoms with Gasteiger partial charge in [0.05, 0.1) is 10.0 Å². The molecular weight excluding hydrogens is 423 g/mol. The maximum Gasteiger partial charge on any atom is 0.261 e. The number of rotatable bonds is 9. The zero-order chi connectivity index (χ0) is 22.3. The predicted molar refractivity (Wildman–Crippen MR) is 121 cm³/mol. The molecule has 0 spiro atoms. The summed E-state index contributed by atoms with van der Waals surface area (Å²) in [4.78, 5) is 27.1. The van der Waals surface area contributed by atoms with E-state index in [1.54, 1.807) is 25.2 Å². The number of para-hydroxylation sites is 1. The van der Waals surface area contributed by atoms with Crippen molar-refractivity contribution in [1.29, 1.82) is 0 Å². The van der Waals surface area contributed by atoms with Gasteiger partial charge in [-0.1, -0.05) is 68.2 Å². The van der Waals surface area contributed by atoms with Crippen LogP contribution in [0.2, 0.25) is 10.0 Å². The van der Waals surface area contributed by atoms with Crippen molar-refractivity contribution in [3.05, 3.63) is 63.6 Å². The SMILES string of the molecule is CC[C@@H](C(=O)NC)N(Cc1ccc(Cl)c(Cl)c1)C(=O)COc1ccccc1C(C)C. The fourth-order valence-electron chi connectivity index (χ4n) is 3.23. The van der Waals surface area contributed by atoms with Crippen molar-refractivity contribution >= 4 is 35.0 Å². The van der Waals surface area contributed by atoms with Crippen LogP contribution in [0.3, 0.4) is 0 Å². The van der Waals surface area contributed by atoms with Crippen LogP contribution in [0, 0.1) is 0 Å². The number of nitrogens with zero attached hydrogens (tertiary/aromatic N) is 1. The maximum absolute atomic E-state index is 13.1. The van der Waals surface area contributed by atoms with Crippen LogP contribution in [0.15, 0.2) is 42.5 Å². The number of benzene rings is 2. The minimum Gasteiger partial charge on any atom is -0.483 e. The highest BCUT2D eigenvalue weighted by atomic mass is 35.5. The average molecular weight is 451 g/mol. The Balaban J connectivity index is 2.25. The molecule has 2 aromatic carbocycles. The molecule has 0 heterocycles. The molecule has 0 unspecified atom stereocenters. The molecule has 0 aromatic heterocycles. The van der Waals surface area contributed by atoms with E-state index in [0.29, 0.717) is 22.2 Å². The van der Waals surface area contributed by atoms with Crippen LogP contribution in [-0.2, 0) is 16.1 Å². The molecular formula is C23H28Cl2N2O3. The summed E-state index contributed by atoms with van der Waals surface area (Å²) in [7, 11) is 1.56. The van der Waals surface area contributed by atoms with Gasteiger partial charge in [0.25, 0.3) is 5.91 Å². The van der Waals surface area contributed by atoms with Crippen molar-refractivity contribution < 1.29 is 14.3 Å². The predicted octanol–water partition coefficient (Wildman–Crippen LogP) is 5.05. The van der Waals surface area contributed by atoms with Crippen LogP contribution in [0.5, 0.6) is 5.75 Å². The Labute approximate surface area is 188 Å². The second kappa shape index (κ2) is 11.2. The first-order chi connectivity index (χ1) is 14.3. The molecule has 7 heteroatoms. The summed E-state index contributed by atoms with van der Waals surface area (Å²) in [6.07, 6.45) is 0.468. The number of ether oxygens (including phenoxy) is 1. The normalized spacial score (nSPS) is 11.8. The smallest absolute Gasteiger partial charge is 0.261 e. The van der Waals surface area contributed by atoms with Crippen molar-refractivity contribution in [2.75, 3.05) is 13.7 Å². The van der Waals surface area contributed by atoms with Crippen LogP contribution >= 0.6 is 23.2 Å². The number of hydrogen-bond donors (Lipinski definition) is 1. The van der Waals surface area contributed by atoms with E-state index in [1.807, 2.05) is 31.2 Å². The number of likely N-dealkylation sites (N-methyl/N-ethyl adjacent to an activating group) is 1. The molecule has 0 aliphatic rings. The number of carbonyl (C=O) groups excluding carboxylic acids is 2. The molecule has 0 aliphatic heterocycles. The van der Waals surface area contributed by atoms with Gasteiger partial charge in [0.15, 0.2) is 6.61 Å². The Bertz CT molecular complexity index is 887. The molecule has 0 saturated carbocycles. The van der Waals surface area contributed by atoms with E-state index in [1.165, 1.54) is 4.90 Å². The molecule has 0 saturated heterocycles. The van der Waals surface area contributed by atoms with Crippen molar-refractivity contribution in [3.8, 4) is 5.75 Å². The van der Waals surface area contributed by atoms with E-state index >= 15 is 0 Å². The minimum atomic E-state index is -0.624. The van der Waals surface area contributed by atoms with Gasteiger partial charge in [0.2, 0.25) is 5.91 Å². The Kier molecular flexibility index (Phi) is 9.00. The van der Waals surface area contributed by atoms with Gasteiger partial charge < -0.3 is 15.0 Å². The topological polar surface area (TPSA) is 58.6 Å². The van der Waals surface area contributed by atoms with Crippen molar-refractivity contribution in [1.82, 2.24) is 10.2 Å². The molecule has 0 bridgehead atoms. The molecule has 30 heavy (non-hydrogen) atoms. The third-order valence-electron chi connectivity index (χ3n) is 4.86. The zero-order valence-electron chi connectivity index (χ0n) is 17.7. The molecule has 2 aromatic rings. The van der Waals surface area contributed by atoms with Gasteiger partial charge >= 0.3 is 0 Å². The van der Waals surface area contributed by atoms with Crippen LogP contribution in [0.4, 0.5) is 0 Å². The molecule has 0 radical (unpaired) electrons. The lowest BCUT2D eigenvalue weighted by Crippen LogP contribution is -2.49. The number of halogens is 2. The van der Waals surface area contributed by atoms with Crippen LogP contribution < -0.4 is 10.1 Å². The summed E-state index contributed by atoms with van der Waals surface area (Å²) in [6, 6.07) is 12.2. The second-order valence-electron chi connectivity index (χ2n) is 7.29. The average Bonchev–Trinajstić information content (AvgIpc) is 2.74. The van der Waals surface area contributed by atoms with Crippen LogP contribution in [0.25, 0.3) is 0 Å². The van der Waals surface area contributed by atoms with Gasteiger partial charge in [-0.2, -0.15) is 0 Å². The van der Waals surface area contributed by atoms with E-state index in [2.05, 4.69) is 19.2 Å². The molecule has 0 fully saturated rings. The number of carbonyl (C=O) groups is 2. The fourth-order valence-corrected chi connectivity index (χ4v) is 3.55. The van der Waals surface area contributed by atoms with Gasteiger partial charge in [-0.3, -0.25) is 9.59 Å². The highest BCUT2D eigenvalue weighted by molar-refractivity contribution is 6.42. The molecule has 1 N–H and O–H groups in total. The van der Waals surface area contributed by atoms with Crippen molar-refractivity contribution in [2.24, 2.45) is 0 Å². The van der Waals surface area contributed by atoms with Crippen LogP contribution in [0.1, 0.15) is 44.2 Å². The van der Waals surface area contributed by atoms with E-state index in [0.717, 1.165) is 11.1 Å². The molecule has 162 valence electrons. The number of hydrogen-bond acceptors (Lipinski definition) is 3. The summed E-state index contributed by atoms with van der Waals surface area (Å²) in [5.41, 5.74) is 1.81. The molecule has 2 amide bonds. The van der Waals surface area contributed by atoms with E-state index in [4.69, 9.17) is 27.9 Å². The Hall–Kier alpha value is -2.24. The third kappa shape index (κ3) is 6.13. The molecule has 0 aliphatic carbocycles. The quantitative estimate of drug-likeness (QED) is 0.581. The molecule has 1 atom stereocenters. The summed E-state index contributed by atoms with van der Waals surface area (Å²) in [5.74, 6) is 0.421. The van der Waals surface area contributed by atoms with Gasteiger partial charge in [0.1, 0.15) is 11.8 Å². The van der Waals surface area contributed by atoms with Crippen LogP contribution in [-0.4, -0.2) is 36.4 Å². The van der Waals surface area contributed by atoms with Gasteiger partial charge in [0, 0.05) is 13.6 Å². The molecule has 2 rings (SSSR count). The Morgan fingerprint density at radius 3 is 2.40 bits per heavy atom. The first-order valence-corrected chi connectivity index (χ1v) is 10.7. The van der Waals surface area contributed by atoms with Crippen molar-refractivity contribution in [3.63, 3.8) is 0 Å². The van der Waals surface area contributed by atoms with E-state index < -0.39 is 6.04 Å². The molecule has 5 nitrogen and oxygen atoms in total. The van der Waals surface area contributed by atoms with E-state index in [9.17, 15) is 9.59 Å². The standard InChI is InChI=1S/C23H28Cl2N2O3/c1-5-20(23(29)26-4)27(13-16-10-11-18(24)19(25)12-16)22(28)14-30-21-9-7-6-8-17(21)15(2)3/h6-12,15,20H,5,13-14H2,1-4H3,(H,26,29)/t20-/m0/s1. The fraction of sp³-hybridized carbons (Fsp3) is 0.391. The summed E-state index contributed by atoms with van der Waals surface area (Å²) in [6.45, 7) is 6.05. The third-order valence-corrected chi connectivity index (χ3v) is 5.60. The van der Waals surface area contributed by atoms with Gasteiger partial charge in [-0.25, -0.2) is 0 Å². The summed E-state index contributed by atoms with van der Waals surface area (Å²) < 4.78 is 5.86. The highest BCUT2D eigenvalue weighted by Gasteiger charge is 2.28. The monoisotopic (exact) mass is 450 g/mol. The summed E-state index contributed by atoms with van der Waals surface area (Å²) >= 11 is 12.1. The van der Waals surface area contributed by atoms with E-state index in [-0.39, 0.29) is 30.9 Å². The number of amides is 2. The van der Waals surface area contributed by atoms with Gasteiger partial charge in [-0.15, -0.1) is 0 Å². The summed E-state index contributed by atoms with van der Waals surface area (Å²) in [5, 5.41) is 3.47.